The van der Waals surface area contributed by atoms with Crippen LogP contribution in [0.5, 0.6) is 0 Å². The predicted octanol–water partition coefficient (Wildman–Crippen LogP) is 3.81. The third-order valence-corrected chi connectivity index (χ3v) is 5.52. The zero-order chi connectivity index (χ0) is 20.9. The number of carbonyl (C=O) groups excluding carboxylic acids is 1. The van der Waals surface area contributed by atoms with Crippen molar-refractivity contribution in [3.8, 4) is 11.3 Å². The van der Waals surface area contributed by atoms with Crippen molar-refractivity contribution in [3.63, 3.8) is 0 Å². The standard InChI is InChI=1S/C23H17N7O/c1-30-20-8-7-14(10-19(20)27-29-30)22-15-11-17-18(12-16(15)26-28-22)25-23(24-17)21(31)9-13-5-3-2-4-6-13/h2-8,10-12H,9H2,1H3,(H,24,25)(H,26,28). The molecular formula is C23H17N7O. The van der Waals surface area contributed by atoms with Gasteiger partial charge in [0.15, 0.2) is 5.82 Å². The van der Waals surface area contributed by atoms with Crippen molar-refractivity contribution in [3.05, 3.63) is 72.1 Å². The van der Waals surface area contributed by atoms with Crippen LogP contribution >= 0.6 is 0 Å². The number of fused-ring (bicyclic) bond motifs is 3. The van der Waals surface area contributed by atoms with Crippen molar-refractivity contribution in [2.45, 2.75) is 6.42 Å². The number of rotatable bonds is 4. The lowest BCUT2D eigenvalue weighted by Gasteiger charge is -1.99. The molecule has 0 unspecified atom stereocenters. The second kappa shape index (κ2) is 6.60. The molecule has 6 rings (SSSR count). The average molecular weight is 407 g/mol. The molecule has 3 aromatic carbocycles. The lowest BCUT2D eigenvalue weighted by Crippen LogP contribution is -2.05. The first kappa shape index (κ1) is 17.5. The molecule has 0 bridgehead atoms. The number of hydrogen-bond donors (Lipinski definition) is 2. The molecule has 0 aliphatic rings. The maximum atomic E-state index is 12.7. The van der Waals surface area contributed by atoms with Crippen molar-refractivity contribution in [2.75, 3.05) is 0 Å². The van der Waals surface area contributed by atoms with Crippen LogP contribution < -0.4 is 0 Å². The van der Waals surface area contributed by atoms with Gasteiger partial charge in [-0.2, -0.15) is 5.10 Å². The monoisotopic (exact) mass is 407 g/mol. The summed E-state index contributed by atoms with van der Waals surface area (Å²) in [6.07, 6.45) is 0.309. The van der Waals surface area contributed by atoms with Crippen LogP contribution in [-0.4, -0.2) is 40.9 Å². The highest BCUT2D eigenvalue weighted by molar-refractivity contribution is 6.03. The zero-order valence-electron chi connectivity index (χ0n) is 16.6. The van der Waals surface area contributed by atoms with Gasteiger partial charge in [0.05, 0.1) is 22.1 Å². The summed E-state index contributed by atoms with van der Waals surface area (Å²) in [4.78, 5) is 20.4. The number of H-pyrrole nitrogens is 2. The Morgan fingerprint density at radius 2 is 1.87 bits per heavy atom. The van der Waals surface area contributed by atoms with E-state index in [4.69, 9.17) is 0 Å². The molecule has 0 fully saturated rings. The van der Waals surface area contributed by atoms with Crippen LogP contribution in [0.15, 0.2) is 60.7 Å². The number of nitrogens with one attached hydrogen (secondary N) is 2. The molecule has 0 aliphatic carbocycles. The normalized spacial score (nSPS) is 11.6. The third-order valence-electron chi connectivity index (χ3n) is 5.52. The smallest absolute Gasteiger partial charge is 0.202 e. The van der Waals surface area contributed by atoms with E-state index in [1.807, 2.05) is 67.7 Å². The number of imidazole rings is 1. The van der Waals surface area contributed by atoms with Crippen LogP contribution in [0.2, 0.25) is 0 Å². The van der Waals surface area contributed by atoms with Gasteiger partial charge in [0.2, 0.25) is 5.78 Å². The van der Waals surface area contributed by atoms with Gasteiger partial charge in [0.1, 0.15) is 11.2 Å². The molecule has 0 aliphatic heterocycles. The number of ketones is 1. The van der Waals surface area contributed by atoms with Crippen LogP contribution in [0.25, 0.3) is 44.2 Å². The number of aromatic amines is 2. The number of benzene rings is 3. The van der Waals surface area contributed by atoms with Crippen LogP contribution in [-0.2, 0) is 13.5 Å². The van der Waals surface area contributed by atoms with E-state index in [0.29, 0.717) is 12.2 Å². The Morgan fingerprint density at radius 1 is 1.00 bits per heavy atom. The lowest BCUT2D eigenvalue weighted by molar-refractivity contribution is 0.0984. The summed E-state index contributed by atoms with van der Waals surface area (Å²) in [6, 6.07) is 19.5. The van der Waals surface area contributed by atoms with Gasteiger partial charge < -0.3 is 4.98 Å². The number of hydrogen-bond acceptors (Lipinski definition) is 5. The fourth-order valence-electron chi connectivity index (χ4n) is 3.93. The summed E-state index contributed by atoms with van der Waals surface area (Å²) in [5.41, 5.74) is 6.87. The number of aryl methyl sites for hydroxylation is 1. The zero-order valence-corrected chi connectivity index (χ0v) is 16.6. The van der Waals surface area contributed by atoms with Crippen molar-refractivity contribution in [1.29, 1.82) is 0 Å². The van der Waals surface area contributed by atoms with Crippen LogP contribution in [0, 0.1) is 0 Å². The topological polar surface area (TPSA) is 105 Å². The van der Waals surface area contributed by atoms with Gasteiger partial charge in [-0.3, -0.25) is 9.89 Å². The molecule has 0 saturated heterocycles. The van der Waals surface area contributed by atoms with Crippen LogP contribution in [0.1, 0.15) is 16.2 Å². The molecule has 0 saturated carbocycles. The minimum atomic E-state index is -0.0440. The second-order valence-electron chi connectivity index (χ2n) is 7.57. The summed E-state index contributed by atoms with van der Waals surface area (Å²) >= 11 is 0. The first-order valence-corrected chi connectivity index (χ1v) is 9.90. The van der Waals surface area contributed by atoms with Gasteiger partial charge in [-0.05, 0) is 29.8 Å². The Hall–Kier alpha value is -4.33. The van der Waals surface area contributed by atoms with E-state index in [-0.39, 0.29) is 5.78 Å². The Kier molecular flexibility index (Phi) is 3.73. The van der Waals surface area contributed by atoms with E-state index < -0.39 is 0 Å². The van der Waals surface area contributed by atoms with Crippen molar-refractivity contribution in [1.82, 2.24) is 35.2 Å². The summed E-state index contributed by atoms with van der Waals surface area (Å²) in [5.74, 6) is 0.319. The highest BCUT2D eigenvalue weighted by atomic mass is 16.1. The van der Waals surface area contributed by atoms with Crippen LogP contribution in [0.3, 0.4) is 0 Å². The third kappa shape index (κ3) is 2.88. The first-order valence-electron chi connectivity index (χ1n) is 9.90. The minimum Gasteiger partial charge on any atom is -0.335 e. The highest BCUT2D eigenvalue weighted by Gasteiger charge is 2.16. The Bertz CT molecular complexity index is 1590. The molecule has 2 N–H and O–H groups in total. The van der Waals surface area contributed by atoms with E-state index in [2.05, 4.69) is 30.5 Å². The number of nitrogens with zero attached hydrogens (tertiary/aromatic N) is 5. The molecule has 150 valence electrons. The molecule has 8 heteroatoms. The molecule has 0 spiro atoms. The fourth-order valence-corrected chi connectivity index (χ4v) is 3.93. The molecule has 31 heavy (non-hydrogen) atoms. The molecular weight excluding hydrogens is 390 g/mol. The Morgan fingerprint density at radius 3 is 2.74 bits per heavy atom. The Balaban J connectivity index is 1.41. The van der Waals surface area contributed by atoms with E-state index in [9.17, 15) is 4.79 Å². The average Bonchev–Trinajstić information content (AvgIpc) is 3.49. The van der Waals surface area contributed by atoms with Crippen molar-refractivity contribution in [2.24, 2.45) is 7.05 Å². The molecule has 0 atom stereocenters. The summed E-state index contributed by atoms with van der Waals surface area (Å²) in [7, 11) is 1.87. The summed E-state index contributed by atoms with van der Waals surface area (Å²) in [6.45, 7) is 0. The maximum Gasteiger partial charge on any atom is 0.202 e. The van der Waals surface area contributed by atoms with Gasteiger partial charge >= 0.3 is 0 Å². The fraction of sp³-hybridized carbons (Fsp3) is 0.0870. The van der Waals surface area contributed by atoms with Crippen LogP contribution in [0.4, 0.5) is 0 Å². The Labute approximate surface area is 175 Å². The van der Waals surface area contributed by atoms with E-state index >= 15 is 0 Å². The summed E-state index contributed by atoms with van der Waals surface area (Å²) in [5, 5.41) is 16.8. The highest BCUT2D eigenvalue weighted by Crippen LogP contribution is 2.30. The van der Waals surface area contributed by atoms with Crippen molar-refractivity contribution < 1.29 is 4.79 Å². The molecule has 3 heterocycles. The number of aromatic nitrogens is 7. The van der Waals surface area contributed by atoms with Gasteiger partial charge in [-0.25, -0.2) is 9.67 Å². The minimum absolute atomic E-state index is 0.0440. The molecule has 0 radical (unpaired) electrons. The lowest BCUT2D eigenvalue weighted by atomic mass is 10.1. The maximum absolute atomic E-state index is 12.7. The van der Waals surface area contributed by atoms with E-state index in [0.717, 1.165) is 49.8 Å². The second-order valence-corrected chi connectivity index (χ2v) is 7.57. The van der Waals surface area contributed by atoms with Gasteiger partial charge in [-0.1, -0.05) is 41.6 Å². The first-order chi connectivity index (χ1) is 15.2. The molecule has 8 nitrogen and oxygen atoms in total. The molecule has 6 aromatic rings. The summed E-state index contributed by atoms with van der Waals surface area (Å²) < 4.78 is 1.74. The quantitative estimate of drug-likeness (QED) is 0.432. The number of carbonyl (C=O) groups is 1. The molecule has 3 aromatic heterocycles. The number of Topliss-reactive ketones (excluding diaryl/α,β-unsaturated/α-hetero) is 1. The van der Waals surface area contributed by atoms with E-state index in [1.54, 1.807) is 4.68 Å². The van der Waals surface area contributed by atoms with Gasteiger partial charge in [-0.15, -0.1) is 5.10 Å². The van der Waals surface area contributed by atoms with Crippen molar-refractivity contribution >= 4 is 38.8 Å². The SMILES string of the molecule is Cn1nnc2cc(-c3n[nH]c4cc5[nH]c(C(=O)Cc6ccccc6)nc5cc34)ccc21. The van der Waals surface area contributed by atoms with Gasteiger partial charge in [0.25, 0.3) is 0 Å². The van der Waals surface area contributed by atoms with E-state index in [1.165, 1.54) is 0 Å². The molecule has 0 amide bonds. The van der Waals surface area contributed by atoms with Gasteiger partial charge in [0, 0.05) is 24.4 Å². The predicted molar refractivity (Wildman–Crippen MR) is 118 cm³/mol. The largest absolute Gasteiger partial charge is 0.335 e.